The number of hydrogen-bond acceptors (Lipinski definition) is 2. The van der Waals surface area contributed by atoms with E-state index in [1.807, 2.05) is 6.20 Å². The van der Waals surface area contributed by atoms with Crippen LogP contribution >= 0.6 is 0 Å². The van der Waals surface area contributed by atoms with Gasteiger partial charge in [-0.3, -0.25) is 0 Å². The van der Waals surface area contributed by atoms with Crippen molar-refractivity contribution in [3.05, 3.63) is 23.4 Å². The van der Waals surface area contributed by atoms with Gasteiger partial charge in [0.15, 0.2) is 0 Å². The first kappa shape index (κ1) is 12.5. The number of rotatable bonds is 1. The summed E-state index contributed by atoms with van der Waals surface area (Å²) >= 11 is 0. The molecule has 1 fully saturated rings. The molecule has 1 saturated carbocycles. The van der Waals surface area contributed by atoms with Crippen LogP contribution in [0.5, 0.6) is 0 Å². The normalized spacial score (nSPS) is 19.7. The Kier molecular flexibility index (Phi) is 3.01. The maximum absolute atomic E-state index is 4.60. The van der Waals surface area contributed by atoms with Crippen molar-refractivity contribution in [3.63, 3.8) is 0 Å². The molecule has 2 nitrogen and oxygen atoms in total. The maximum Gasteiger partial charge on any atom is 0.133 e. The molecule has 100 valence electrons. The van der Waals surface area contributed by atoms with Crippen molar-refractivity contribution in [1.29, 1.82) is 0 Å². The van der Waals surface area contributed by atoms with Crippen molar-refractivity contribution in [1.82, 2.24) is 4.98 Å². The average Bonchev–Trinajstić information content (AvgIpc) is 3.14. The number of anilines is 1. The van der Waals surface area contributed by atoms with Gasteiger partial charge in [-0.1, -0.05) is 11.8 Å². The van der Waals surface area contributed by atoms with Crippen LogP contribution in [0, 0.1) is 17.3 Å². The number of nitrogens with zero attached hydrogens (tertiary/aromatic N) is 2. The van der Waals surface area contributed by atoms with E-state index in [9.17, 15) is 0 Å². The Morgan fingerprint density at radius 3 is 2.84 bits per heavy atom. The first-order chi connectivity index (χ1) is 9.09. The minimum atomic E-state index is 0.294. The predicted molar refractivity (Wildman–Crippen MR) is 79.3 cm³/mol. The molecule has 2 aliphatic rings. The second-order valence-electron chi connectivity index (χ2n) is 6.36. The fourth-order valence-corrected chi connectivity index (χ4v) is 2.66. The highest BCUT2D eigenvalue weighted by atomic mass is 15.2. The molecule has 19 heavy (non-hydrogen) atoms. The number of fused-ring (bicyclic) bond motifs is 1. The fraction of sp³-hybridized carbons (Fsp3) is 0.588. The fourth-order valence-electron chi connectivity index (χ4n) is 2.66. The lowest BCUT2D eigenvalue weighted by atomic mass is 9.98. The topological polar surface area (TPSA) is 16.1 Å². The lowest BCUT2D eigenvalue weighted by Crippen LogP contribution is -2.36. The van der Waals surface area contributed by atoms with Crippen LogP contribution < -0.4 is 4.90 Å². The third-order valence-corrected chi connectivity index (χ3v) is 4.25. The maximum atomic E-state index is 4.60. The molecule has 0 radical (unpaired) electrons. The monoisotopic (exact) mass is 254 g/mol. The minimum absolute atomic E-state index is 0.294. The molecule has 0 saturated heterocycles. The molecule has 0 bridgehead atoms. The van der Waals surface area contributed by atoms with Gasteiger partial charge in [0.1, 0.15) is 5.82 Å². The molecule has 1 aliphatic heterocycles. The Balaban J connectivity index is 1.98. The van der Waals surface area contributed by atoms with Gasteiger partial charge in [0, 0.05) is 35.3 Å². The largest absolute Gasteiger partial charge is 0.354 e. The number of hydrogen-bond donors (Lipinski definition) is 0. The van der Waals surface area contributed by atoms with E-state index in [2.05, 4.69) is 48.6 Å². The van der Waals surface area contributed by atoms with Gasteiger partial charge in [0.05, 0.1) is 0 Å². The zero-order chi connectivity index (χ0) is 13.5. The predicted octanol–water partition coefficient (Wildman–Crippen LogP) is 3.39. The Morgan fingerprint density at radius 1 is 1.37 bits per heavy atom. The van der Waals surface area contributed by atoms with E-state index in [1.165, 1.54) is 30.4 Å². The van der Waals surface area contributed by atoms with Crippen molar-refractivity contribution in [2.24, 2.45) is 5.41 Å². The molecule has 2 heterocycles. The summed E-state index contributed by atoms with van der Waals surface area (Å²) in [5, 5.41) is 0. The molecule has 0 unspecified atom stereocenters. The number of pyridine rings is 1. The molecule has 1 aromatic heterocycles. The van der Waals surface area contributed by atoms with Gasteiger partial charge < -0.3 is 4.90 Å². The SMILES string of the molecule is CC(C)N1CCCc2c(C#CC3(C)CC3)ccnc21. The third kappa shape index (κ3) is 2.47. The molecule has 0 N–H and O–H groups in total. The molecule has 0 amide bonds. The summed E-state index contributed by atoms with van der Waals surface area (Å²) in [5.41, 5.74) is 2.85. The molecule has 0 atom stereocenters. The lowest BCUT2D eigenvalue weighted by molar-refractivity contribution is 0.615. The quantitative estimate of drug-likeness (QED) is 0.714. The van der Waals surface area contributed by atoms with E-state index in [4.69, 9.17) is 0 Å². The van der Waals surface area contributed by atoms with E-state index in [-0.39, 0.29) is 0 Å². The Morgan fingerprint density at radius 2 is 2.16 bits per heavy atom. The highest BCUT2D eigenvalue weighted by Crippen LogP contribution is 2.44. The van der Waals surface area contributed by atoms with Crippen LogP contribution in [0.1, 0.15) is 51.2 Å². The second kappa shape index (κ2) is 4.56. The van der Waals surface area contributed by atoms with Crippen LogP contribution in [0.3, 0.4) is 0 Å². The van der Waals surface area contributed by atoms with Crippen LogP contribution in [-0.2, 0) is 6.42 Å². The van der Waals surface area contributed by atoms with Crippen molar-refractivity contribution in [2.45, 2.75) is 52.5 Å². The summed E-state index contributed by atoms with van der Waals surface area (Å²) in [7, 11) is 0. The van der Waals surface area contributed by atoms with E-state index >= 15 is 0 Å². The Labute approximate surface area is 116 Å². The third-order valence-electron chi connectivity index (χ3n) is 4.25. The highest BCUT2D eigenvalue weighted by Gasteiger charge is 2.35. The molecular formula is C17H22N2. The molecular weight excluding hydrogens is 232 g/mol. The van der Waals surface area contributed by atoms with Crippen LogP contribution in [-0.4, -0.2) is 17.6 Å². The summed E-state index contributed by atoms with van der Waals surface area (Å²) in [6.45, 7) is 7.85. The highest BCUT2D eigenvalue weighted by molar-refractivity contribution is 5.58. The van der Waals surface area contributed by atoms with Gasteiger partial charge >= 0.3 is 0 Å². The van der Waals surface area contributed by atoms with Gasteiger partial charge in [0.2, 0.25) is 0 Å². The number of aromatic nitrogens is 1. The van der Waals surface area contributed by atoms with Crippen molar-refractivity contribution in [3.8, 4) is 11.8 Å². The van der Waals surface area contributed by atoms with Gasteiger partial charge in [-0.15, -0.1) is 0 Å². The summed E-state index contributed by atoms with van der Waals surface area (Å²) < 4.78 is 0. The van der Waals surface area contributed by atoms with Crippen LogP contribution in [0.4, 0.5) is 5.82 Å². The van der Waals surface area contributed by atoms with E-state index in [1.54, 1.807) is 0 Å². The molecule has 1 aliphatic carbocycles. The molecule has 1 aromatic rings. The zero-order valence-electron chi connectivity index (χ0n) is 12.2. The summed E-state index contributed by atoms with van der Waals surface area (Å²) in [6.07, 6.45) is 6.76. The molecule has 2 heteroatoms. The van der Waals surface area contributed by atoms with Gasteiger partial charge in [-0.2, -0.15) is 0 Å². The van der Waals surface area contributed by atoms with Gasteiger partial charge in [0.25, 0.3) is 0 Å². The minimum Gasteiger partial charge on any atom is -0.354 e. The molecule has 0 aromatic carbocycles. The molecule has 0 spiro atoms. The van der Waals surface area contributed by atoms with Crippen molar-refractivity contribution < 1.29 is 0 Å². The summed E-state index contributed by atoms with van der Waals surface area (Å²) in [6, 6.07) is 2.59. The van der Waals surface area contributed by atoms with Gasteiger partial charge in [-0.25, -0.2) is 4.98 Å². The average molecular weight is 254 g/mol. The first-order valence-corrected chi connectivity index (χ1v) is 7.37. The molecule has 3 rings (SSSR count). The second-order valence-corrected chi connectivity index (χ2v) is 6.36. The summed E-state index contributed by atoms with van der Waals surface area (Å²) in [4.78, 5) is 7.01. The van der Waals surface area contributed by atoms with Gasteiger partial charge in [-0.05, 0) is 52.5 Å². The van der Waals surface area contributed by atoms with Crippen LogP contribution in [0.15, 0.2) is 12.3 Å². The summed E-state index contributed by atoms with van der Waals surface area (Å²) in [5.74, 6) is 8.03. The standard InChI is InChI=1S/C17H22N2/c1-13(2)19-12-4-5-15-14(7-11-18-16(15)19)6-8-17(3)9-10-17/h7,11,13H,4-5,9-10,12H2,1-3H3. The van der Waals surface area contributed by atoms with Crippen LogP contribution in [0.2, 0.25) is 0 Å². The van der Waals surface area contributed by atoms with E-state index < -0.39 is 0 Å². The Hall–Kier alpha value is -1.49. The van der Waals surface area contributed by atoms with Crippen molar-refractivity contribution >= 4 is 5.82 Å². The lowest BCUT2D eigenvalue weighted by Gasteiger charge is -2.33. The smallest absolute Gasteiger partial charge is 0.133 e. The van der Waals surface area contributed by atoms with E-state index in [0.29, 0.717) is 11.5 Å². The van der Waals surface area contributed by atoms with Crippen molar-refractivity contribution in [2.75, 3.05) is 11.4 Å². The van der Waals surface area contributed by atoms with Crippen LogP contribution in [0.25, 0.3) is 0 Å². The van der Waals surface area contributed by atoms with E-state index in [0.717, 1.165) is 18.8 Å². The Bertz CT molecular complexity index is 544. The zero-order valence-corrected chi connectivity index (χ0v) is 12.2. The first-order valence-electron chi connectivity index (χ1n) is 7.37.